The minimum atomic E-state index is -0.154. The average Bonchev–Trinajstić information content (AvgIpc) is 2.65. The van der Waals surface area contributed by atoms with Gasteiger partial charge in [-0.3, -0.25) is 4.79 Å². The van der Waals surface area contributed by atoms with Gasteiger partial charge in [-0.2, -0.15) is 5.26 Å². The lowest BCUT2D eigenvalue weighted by molar-refractivity contribution is -0.134. The summed E-state index contributed by atoms with van der Waals surface area (Å²) in [6, 6.07) is 9.71. The molecule has 150 valence electrons. The fourth-order valence-corrected chi connectivity index (χ4v) is 2.50. The Morgan fingerprint density at radius 2 is 1.81 bits per heavy atom. The number of carbonyl (C=O) groups excluding carboxylic acids is 1. The normalized spacial score (nSPS) is 10.4. The Morgan fingerprint density at radius 3 is 2.44 bits per heavy atom. The minimum Gasteiger partial charge on any atom is -0.427 e. The van der Waals surface area contributed by atoms with Crippen molar-refractivity contribution >= 4 is 5.97 Å². The third-order valence-corrected chi connectivity index (χ3v) is 4.13. The van der Waals surface area contributed by atoms with Gasteiger partial charge in [0.25, 0.3) is 0 Å². The quantitative estimate of drug-likeness (QED) is 0.177. The van der Waals surface area contributed by atoms with Crippen LogP contribution in [0.1, 0.15) is 97.0 Å². The molecule has 0 saturated heterocycles. The first-order chi connectivity index (χ1) is 13.0. The maximum Gasteiger partial charge on any atom is 0.311 e. The van der Waals surface area contributed by atoms with Crippen LogP contribution in [0.3, 0.4) is 0 Å². The largest absolute Gasteiger partial charge is 0.427 e. The third kappa shape index (κ3) is 14.7. The predicted molar refractivity (Wildman–Crippen MR) is 114 cm³/mol. The molecule has 0 saturated carbocycles. The van der Waals surface area contributed by atoms with Gasteiger partial charge in [0.15, 0.2) is 0 Å². The van der Waals surface area contributed by atoms with Crippen LogP contribution < -0.4 is 4.74 Å². The van der Waals surface area contributed by atoms with Crippen molar-refractivity contribution in [3.8, 4) is 11.8 Å². The van der Waals surface area contributed by atoms with Gasteiger partial charge in [0.2, 0.25) is 0 Å². The van der Waals surface area contributed by atoms with Gasteiger partial charge in [-0.05, 0) is 42.9 Å². The summed E-state index contributed by atoms with van der Waals surface area (Å²) in [6.45, 7) is 8.43. The summed E-state index contributed by atoms with van der Waals surface area (Å²) in [5.74, 6) is 0.952. The standard InChI is InChI=1S/C13H18O2.C11H19N/c1-4-6-13(14)15-12-8-5-7-11(9-12)10(2)3;1-2-3-4-5-6-7-8-9-10-11-12/h5,7-10H,4,6H2,1-3H3;9-10H,2-8H2,1H3. The fourth-order valence-electron chi connectivity index (χ4n) is 2.50. The van der Waals surface area contributed by atoms with Crippen molar-refractivity contribution in [2.45, 2.75) is 91.4 Å². The van der Waals surface area contributed by atoms with Crippen molar-refractivity contribution in [2.75, 3.05) is 0 Å². The maximum absolute atomic E-state index is 11.3. The molecule has 27 heavy (non-hydrogen) atoms. The Balaban J connectivity index is 0.000000516. The van der Waals surface area contributed by atoms with E-state index in [1.54, 1.807) is 6.08 Å². The summed E-state index contributed by atoms with van der Waals surface area (Å²) >= 11 is 0. The first-order valence-corrected chi connectivity index (χ1v) is 10.4. The van der Waals surface area contributed by atoms with Crippen molar-refractivity contribution in [3.05, 3.63) is 42.0 Å². The molecule has 0 amide bonds. The SMILES string of the molecule is CCCC(=O)Oc1cccc(C(C)C)c1.CCCCCCCCC=CC#N. The topological polar surface area (TPSA) is 50.1 Å². The van der Waals surface area contributed by atoms with Crippen LogP contribution in [0, 0.1) is 11.3 Å². The number of esters is 1. The molecule has 3 nitrogen and oxygen atoms in total. The summed E-state index contributed by atoms with van der Waals surface area (Å²) in [4.78, 5) is 11.3. The van der Waals surface area contributed by atoms with Crippen LogP contribution in [0.2, 0.25) is 0 Å². The number of unbranched alkanes of at least 4 members (excludes halogenated alkanes) is 6. The zero-order valence-corrected chi connectivity index (χ0v) is 17.7. The molecule has 0 spiro atoms. The van der Waals surface area contributed by atoms with Crippen LogP contribution in [0.25, 0.3) is 0 Å². The highest BCUT2D eigenvalue weighted by Crippen LogP contribution is 2.20. The van der Waals surface area contributed by atoms with E-state index in [0.29, 0.717) is 18.1 Å². The van der Waals surface area contributed by atoms with E-state index in [2.05, 4.69) is 20.8 Å². The molecule has 0 aliphatic carbocycles. The second kappa shape index (κ2) is 17.3. The van der Waals surface area contributed by atoms with Crippen LogP contribution in [-0.4, -0.2) is 5.97 Å². The number of ether oxygens (including phenoxy) is 1. The van der Waals surface area contributed by atoms with Crippen molar-refractivity contribution in [1.29, 1.82) is 5.26 Å². The van der Waals surface area contributed by atoms with Gasteiger partial charge < -0.3 is 4.74 Å². The lowest BCUT2D eigenvalue weighted by Gasteiger charge is -2.08. The number of hydrogen-bond donors (Lipinski definition) is 0. The monoisotopic (exact) mass is 371 g/mol. The number of rotatable bonds is 11. The highest BCUT2D eigenvalue weighted by Gasteiger charge is 2.05. The minimum absolute atomic E-state index is 0.154. The molecule has 1 aromatic rings. The smallest absolute Gasteiger partial charge is 0.311 e. The van der Waals surface area contributed by atoms with E-state index in [0.717, 1.165) is 12.8 Å². The Morgan fingerprint density at radius 1 is 1.11 bits per heavy atom. The van der Waals surface area contributed by atoms with Crippen LogP contribution in [0.5, 0.6) is 5.75 Å². The van der Waals surface area contributed by atoms with E-state index in [-0.39, 0.29) is 5.97 Å². The van der Waals surface area contributed by atoms with E-state index in [1.807, 2.05) is 43.3 Å². The van der Waals surface area contributed by atoms with E-state index < -0.39 is 0 Å². The molecule has 3 heteroatoms. The van der Waals surface area contributed by atoms with Gasteiger partial charge in [-0.1, -0.05) is 78.0 Å². The Hall–Kier alpha value is -2.08. The highest BCUT2D eigenvalue weighted by molar-refractivity contribution is 5.72. The maximum atomic E-state index is 11.3. The molecule has 0 unspecified atom stereocenters. The number of allylic oxidation sites excluding steroid dienone is 2. The Bertz CT molecular complexity index is 570. The Kier molecular flexibility index (Phi) is 16.0. The second-order valence-corrected chi connectivity index (χ2v) is 7.04. The molecule has 1 aromatic carbocycles. The lowest BCUT2D eigenvalue weighted by atomic mass is 10.0. The van der Waals surface area contributed by atoms with Gasteiger partial charge in [-0.15, -0.1) is 0 Å². The molecular formula is C24H37NO2. The third-order valence-electron chi connectivity index (χ3n) is 4.13. The summed E-state index contributed by atoms with van der Waals surface area (Å²) in [6.07, 6.45) is 13.9. The molecule has 0 aliphatic rings. The molecule has 0 heterocycles. The summed E-state index contributed by atoms with van der Waals surface area (Å²) in [7, 11) is 0. The van der Waals surface area contributed by atoms with E-state index in [4.69, 9.17) is 10.00 Å². The molecule has 1 rings (SSSR count). The molecule has 0 N–H and O–H groups in total. The summed E-state index contributed by atoms with van der Waals surface area (Å²) in [5.41, 5.74) is 1.19. The molecule has 0 radical (unpaired) electrons. The molecule has 0 atom stereocenters. The molecule has 0 fully saturated rings. The predicted octanol–water partition coefficient (Wildman–Crippen LogP) is 7.33. The van der Waals surface area contributed by atoms with Crippen LogP contribution in [-0.2, 0) is 4.79 Å². The van der Waals surface area contributed by atoms with Crippen molar-refractivity contribution in [1.82, 2.24) is 0 Å². The molecule has 0 aromatic heterocycles. The highest BCUT2D eigenvalue weighted by atomic mass is 16.5. The summed E-state index contributed by atoms with van der Waals surface area (Å²) in [5, 5.41) is 8.20. The molecule has 0 bridgehead atoms. The van der Waals surface area contributed by atoms with Crippen molar-refractivity contribution in [3.63, 3.8) is 0 Å². The fraction of sp³-hybridized carbons (Fsp3) is 0.583. The Labute approximate surface area is 166 Å². The first-order valence-electron chi connectivity index (χ1n) is 10.4. The second-order valence-electron chi connectivity index (χ2n) is 7.04. The van der Waals surface area contributed by atoms with Gasteiger partial charge in [0, 0.05) is 12.5 Å². The zero-order chi connectivity index (χ0) is 20.3. The lowest BCUT2D eigenvalue weighted by Crippen LogP contribution is -2.07. The number of hydrogen-bond acceptors (Lipinski definition) is 3. The summed E-state index contributed by atoms with van der Waals surface area (Å²) < 4.78 is 5.21. The van der Waals surface area contributed by atoms with E-state index in [9.17, 15) is 4.79 Å². The average molecular weight is 372 g/mol. The van der Waals surface area contributed by atoms with Crippen LogP contribution in [0.15, 0.2) is 36.4 Å². The first kappa shape index (κ1) is 24.9. The number of carbonyl (C=O) groups is 1. The molecule has 0 aliphatic heterocycles. The zero-order valence-electron chi connectivity index (χ0n) is 17.7. The van der Waals surface area contributed by atoms with Gasteiger partial charge in [-0.25, -0.2) is 0 Å². The van der Waals surface area contributed by atoms with Gasteiger partial charge in [0.1, 0.15) is 5.75 Å². The van der Waals surface area contributed by atoms with Crippen LogP contribution in [0.4, 0.5) is 0 Å². The van der Waals surface area contributed by atoms with Crippen molar-refractivity contribution in [2.24, 2.45) is 0 Å². The molecular weight excluding hydrogens is 334 g/mol. The van der Waals surface area contributed by atoms with Gasteiger partial charge >= 0.3 is 5.97 Å². The van der Waals surface area contributed by atoms with E-state index in [1.165, 1.54) is 44.1 Å². The van der Waals surface area contributed by atoms with Gasteiger partial charge in [0.05, 0.1) is 6.07 Å². The number of nitrogens with zero attached hydrogens (tertiary/aromatic N) is 1. The van der Waals surface area contributed by atoms with Crippen molar-refractivity contribution < 1.29 is 9.53 Å². The van der Waals surface area contributed by atoms with E-state index >= 15 is 0 Å². The number of benzene rings is 1. The number of nitriles is 1. The van der Waals surface area contributed by atoms with Crippen LogP contribution >= 0.6 is 0 Å².